The Hall–Kier alpha value is -2.17. The summed E-state index contributed by atoms with van der Waals surface area (Å²) in [7, 11) is 3.29. The molecule has 1 aromatic heterocycles. The Morgan fingerprint density at radius 1 is 1.19 bits per heavy atom. The maximum atomic E-state index is 5.35. The summed E-state index contributed by atoms with van der Waals surface area (Å²) in [5.41, 5.74) is 3.30. The maximum absolute atomic E-state index is 5.35. The van der Waals surface area contributed by atoms with Gasteiger partial charge in [0, 0.05) is 24.0 Å². The summed E-state index contributed by atoms with van der Waals surface area (Å²) in [6.45, 7) is 7.05. The average molecular weight is 289 g/mol. The number of benzene rings is 1. The zero-order valence-corrected chi connectivity index (χ0v) is 13.3. The Labute approximate surface area is 125 Å². The first kappa shape index (κ1) is 15.2. The van der Waals surface area contributed by atoms with Crippen LogP contribution in [0.4, 0.5) is 5.69 Å². The number of nitrogens with zero attached hydrogens (tertiary/aromatic N) is 2. The minimum Gasteiger partial charge on any atom is -0.493 e. The molecular weight excluding hydrogens is 266 g/mol. The van der Waals surface area contributed by atoms with E-state index >= 15 is 0 Å². The molecule has 5 nitrogen and oxygen atoms in total. The number of nitrogens with one attached hydrogen (secondary N) is 1. The third-order valence-corrected chi connectivity index (χ3v) is 3.49. The van der Waals surface area contributed by atoms with Gasteiger partial charge in [0.25, 0.3) is 0 Å². The first-order valence-electron chi connectivity index (χ1n) is 7.04. The fraction of sp³-hybridized carbons (Fsp3) is 0.438. The summed E-state index contributed by atoms with van der Waals surface area (Å²) in [6.07, 6.45) is 3.76. The maximum Gasteiger partial charge on any atom is 0.162 e. The number of hydrogen-bond acceptors (Lipinski definition) is 4. The third-order valence-electron chi connectivity index (χ3n) is 3.49. The Kier molecular flexibility index (Phi) is 4.73. The van der Waals surface area contributed by atoms with Gasteiger partial charge in [-0.2, -0.15) is 0 Å². The lowest BCUT2D eigenvalue weighted by Gasteiger charge is -2.16. The molecule has 0 spiro atoms. The number of aryl methyl sites for hydroxylation is 1. The Morgan fingerprint density at radius 3 is 2.48 bits per heavy atom. The first-order chi connectivity index (χ1) is 10.1. The summed E-state index contributed by atoms with van der Waals surface area (Å²) in [5.74, 6) is 1.47. The largest absolute Gasteiger partial charge is 0.493 e. The lowest BCUT2D eigenvalue weighted by molar-refractivity contribution is 0.355. The zero-order valence-electron chi connectivity index (χ0n) is 13.3. The fourth-order valence-corrected chi connectivity index (χ4v) is 2.29. The van der Waals surface area contributed by atoms with Crippen molar-refractivity contribution in [3.63, 3.8) is 0 Å². The molecule has 0 saturated heterocycles. The number of rotatable bonds is 6. The van der Waals surface area contributed by atoms with Crippen LogP contribution in [-0.4, -0.2) is 23.8 Å². The van der Waals surface area contributed by atoms with Crippen LogP contribution in [0.5, 0.6) is 11.5 Å². The second-order valence-corrected chi connectivity index (χ2v) is 5.26. The highest BCUT2D eigenvalue weighted by atomic mass is 16.5. The number of aromatic nitrogens is 2. The van der Waals surface area contributed by atoms with Crippen LogP contribution in [0.1, 0.15) is 31.1 Å². The molecule has 0 aliphatic rings. The quantitative estimate of drug-likeness (QED) is 0.885. The molecule has 5 heteroatoms. The van der Waals surface area contributed by atoms with Crippen LogP contribution in [0.25, 0.3) is 0 Å². The van der Waals surface area contributed by atoms with Gasteiger partial charge < -0.3 is 19.4 Å². The van der Waals surface area contributed by atoms with Crippen LogP contribution in [0.15, 0.2) is 24.7 Å². The normalized spacial score (nSPS) is 10.8. The predicted molar refractivity (Wildman–Crippen MR) is 84.2 cm³/mol. The van der Waals surface area contributed by atoms with Crippen molar-refractivity contribution >= 4 is 5.69 Å². The summed E-state index contributed by atoms with van der Waals surface area (Å²) in [6, 6.07) is 4.33. The van der Waals surface area contributed by atoms with E-state index in [1.54, 1.807) is 14.2 Å². The average Bonchev–Trinajstić information content (AvgIpc) is 2.94. The minimum absolute atomic E-state index is 0.399. The molecule has 1 aromatic carbocycles. The summed E-state index contributed by atoms with van der Waals surface area (Å²) >= 11 is 0. The van der Waals surface area contributed by atoms with E-state index in [1.807, 2.05) is 31.6 Å². The molecule has 2 rings (SSSR count). The highest BCUT2D eigenvalue weighted by Gasteiger charge is 2.10. The van der Waals surface area contributed by atoms with Crippen molar-refractivity contribution in [1.29, 1.82) is 0 Å². The smallest absolute Gasteiger partial charge is 0.162 e. The molecule has 0 bridgehead atoms. The number of methoxy groups -OCH3 is 2. The van der Waals surface area contributed by atoms with Gasteiger partial charge >= 0.3 is 0 Å². The molecule has 21 heavy (non-hydrogen) atoms. The first-order valence-corrected chi connectivity index (χ1v) is 7.04. The van der Waals surface area contributed by atoms with E-state index in [0.717, 1.165) is 28.4 Å². The molecule has 0 radical (unpaired) electrons. The molecule has 0 aliphatic carbocycles. The number of hydrogen-bond donors (Lipinski definition) is 1. The monoisotopic (exact) mass is 289 g/mol. The summed E-state index contributed by atoms with van der Waals surface area (Å²) < 4.78 is 12.8. The summed E-state index contributed by atoms with van der Waals surface area (Å²) in [5, 5.41) is 3.44. The SMILES string of the molecule is COc1cc(C)c(NCc2cncn2C(C)C)cc1OC. The molecular formula is C16H23N3O2. The second-order valence-electron chi connectivity index (χ2n) is 5.26. The second kappa shape index (κ2) is 6.52. The van der Waals surface area contributed by atoms with Gasteiger partial charge in [-0.3, -0.25) is 0 Å². The van der Waals surface area contributed by atoms with Crippen LogP contribution >= 0.6 is 0 Å². The van der Waals surface area contributed by atoms with Gasteiger partial charge in [-0.05, 0) is 32.4 Å². The number of imidazole rings is 1. The molecule has 1 heterocycles. The molecule has 0 aliphatic heterocycles. The minimum atomic E-state index is 0.399. The van der Waals surface area contributed by atoms with Crippen molar-refractivity contribution in [2.75, 3.05) is 19.5 Å². The van der Waals surface area contributed by atoms with E-state index in [2.05, 4.69) is 28.7 Å². The van der Waals surface area contributed by atoms with Crippen molar-refractivity contribution in [1.82, 2.24) is 9.55 Å². The van der Waals surface area contributed by atoms with E-state index in [4.69, 9.17) is 9.47 Å². The zero-order chi connectivity index (χ0) is 15.4. The van der Waals surface area contributed by atoms with Crippen molar-refractivity contribution in [2.45, 2.75) is 33.4 Å². The standard InChI is InChI=1S/C16H23N3O2/c1-11(2)19-10-17-8-13(19)9-18-14-7-16(21-5)15(20-4)6-12(14)3/h6-8,10-11,18H,9H2,1-5H3. The van der Waals surface area contributed by atoms with Gasteiger partial charge in [-0.25, -0.2) is 4.98 Å². The van der Waals surface area contributed by atoms with Gasteiger partial charge in [0.2, 0.25) is 0 Å². The van der Waals surface area contributed by atoms with Gasteiger partial charge in [0.1, 0.15) is 0 Å². The van der Waals surface area contributed by atoms with Crippen molar-refractivity contribution in [3.05, 3.63) is 35.9 Å². The van der Waals surface area contributed by atoms with Crippen LogP contribution in [0.2, 0.25) is 0 Å². The Bertz CT molecular complexity index is 606. The lowest BCUT2D eigenvalue weighted by atomic mass is 10.1. The van der Waals surface area contributed by atoms with Crippen LogP contribution in [-0.2, 0) is 6.54 Å². The molecule has 0 fully saturated rings. The van der Waals surface area contributed by atoms with Crippen LogP contribution < -0.4 is 14.8 Å². The van der Waals surface area contributed by atoms with E-state index in [0.29, 0.717) is 12.6 Å². The topological polar surface area (TPSA) is 48.3 Å². The molecule has 114 valence electrons. The fourth-order valence-electron chi connectivity index (χ4n) is 2.29. The number of anilines is 1. The molecule has 1 N–H and O–H groups in total. The van der Waals surface area contributed by atoms with E-state index in [-0.39, 0.29) is 0 Å². The number of ether oxygens (including phenoxy) is 2. The van der Waals surface area contributed by atoms with Gasteiger partial charge in [0.05, 0.1) is 32.8 Å². The molecule has 0 amide bonds. The van der Waals surface area contributed by atoms with Gasteiger partial charge in [-0.1, -0.05) is 0 Å². The third kappa shape index (κ3) is 3.29. The van der Waals surface area contributed by atoms with Gasteiger partial charge in [0.15, 0.2) is 11.5 Å². The van der Waals surface area contributed by atoms with E-state index in [9.17, 15) is 0 Å². The van der Waals surface area contributed by atoms with Crippen molar-refractivity contribution in [3.8, 4) is 11.5 Å². The molecule has 2 aromatic rings. The van der Waals surface area contributed by atoms with Crippen molar-refractivity contribution in [2.24, 2.45) is 0 Å². The highest BCUT2D eigenvalue weighted by molar-refractivity contribution is 5.60. The van der Waals surface area contributed by atoms with Gasteiger partial charge in [-0.15, -0.1) is 0 Å². The summed E-state index contributed by atoms with van der Waals surface area (Å²) in [4.78, 5) is 4.22. The molecule has 0 saturated carbocycles. The highest BCUT2D eigenvalue weighted by Crippen LogP contribution is 2.33. The van der Waals surface area contributed by atoms with Crippen LogP contribution in [0.3, 0.4) is 0 Å². The van der Waals surface area contributed by atoms with Crippen molar-refractivity contribution < 1.29 is 9.47 Å². The molecule has 0 unspecified atom stereocenters. The van der Waals surface area contributed by atoms with E-state index < -0.39 is 0 Å². The predicted octanol–water partition coefficient (Wildman–Crippen LogP) is 3.40. The van der Waals surface area contributed by atoms with E-state index in [1.165, 1.54) is 0 Å². The Morgan fingerprint density at radius 2 is 1.86 bits per heavy atom. The Balaban J connectivity index is 2.18. The molecule has 0 atom stereocenters. The van der Waals surface area contributed by atoms with Crippen LogP contribution in [0, 0.1) is 6.92 Å². The lowest BCUT2D eigenvalue weighted by Crippen LogP contribution is -2.09.